The highest BCUT2D eigenvalue weighted by molar-refractivity contribution is 6.31. The summed E-state index contributed by atoms with van der Waals surface area (Å²) in [5.41, 5.74) is 7.39. The van der Waals surface area contributed by atoms with Crippen molar-refractivity contribution in [2.75, 3.05) is 13.2 Å². The molecule has 1 fully saturated rings. The molecule has 0 radical (unpaired) electrons. The summed E-state index contributed by atoms with van der Waals surface area (Å²) in [7, 11) is 0. The Balaban J connectivity index is 1.90. The van der Waals surface area contributed by atoms with Gasteiger partial charge in [0.25, 0.3) is 0 Å². The summed E-state index contributed by atoms with van der Waals surface area (Å²) in [4.78, 5) is 4.18. The summed E-state index contributed by atoms with van der Waals surface area (Å²) >= 11 is 6.33. The third-order valence-electron chi connectivity index (χ3n) is 3.27. The molecule has 2 N–H and O–H groups in total. The van der Waals surface area contributed by atoms with Crippen LogP contribution in [0, 0.1) is 0 Å². The third-order valence-corrected chi connectivity index (χ3v) is 3.60. The lowest BCUT2D eigenvalue weighted by Crippen LogP contribution is -1.99. The highest BCUT2D eigenvalue weighted by Crippen LogP contribution is 2.33. The van der Waals surface area contributed by atoms with E-state index >= 15 is 0 Å². The van der Waals surface area contributed by atoms with Crippen LogP contribution in [-0.4, -0.2) is 23.4 Å². The maximum absolute atomic E-state index is 6.33. The molecule has 1 aliphatic heterocycles. The van der Waals surface area contributed by atoms with E-state index in [9.17, 15) is 0 Å². The van der Waals surface area contributed by atoms with E-state index in [1.165, 1.54) is 0 Å². The van der Waals surface area contributed by atoms with E-state index in [0.717, 1.165) is 30.8 Å². The van der Waals surface area contributed by atoms with Gasteiger partial charge in [0.1, 0.15) is 0 Å². The Hall–Kier alpha value is -1.43. The Labute approximate surface area is 115 Å². The zero-order valence-electron chi connectivity index (χ0n) is 10.3. The van der Waals surface area contributed by atoms with Crippen LogP contribution in [0.3, 0.4) is 0 Å². The van der Waals surface area contributed by atoms with Crippen molar-refractivity contribution in [3.63, 3.8) is 0 Å². The average Bonchev–Trinajstić information content (AvgIpc) is 3.10. The standard InChI is InChI=1S/C13H14ClN3O2/c14-11-5-8(13-16-12(6-15)19-17-13)1-2-10(11)9-3-4-18-7-9/h1-2,5,9H,3-4,6-7,15H2. The second-order valence-electron chi connectivity index (χ2n) is 4.51. The lowest BCUT2D eigenvalue weighted by Gasteiger charge is -2.10. The van der Waals surface area contributed by atoms with E-state index in [2.05, 4.69) is 10.1 Å². The fourth-order valence-corrected chi connectivity index (χ4v) is 2.57. The van der Waals surface area contributed by atoms with Gasteiger partial charge in [-0.15, -0.1) is 0 Å². The summed E-state index contributed by atoms with van der Waals surface area (Å²) in [6, 6.07) is 5.82. The van der Waals surface area contributed by atoms with Gasteiger partial charge in [-0.1, -0.05) is 28.9 Å². The normalized spacial score (nSPS) is 18.9. The SMILES string of the molecule is NCc1nc(-c2ccc(C3CCOC3)c(Cl)c2)no1. The second kappa shape index (κ2) is 5.28. The predicted octanol–water partition coefficient (Wildman–Crippen LogP) is 2.35. The van der Waals surface area contributed by atoms with Gasteiger partial charge in [-0.2, -0.15) is 4.98 Å². The van der Waals surface area contributed by atoms with Gasteiger partial charge in [0.2, 0.25) is 11.7 Å². The Bertz CT molecular complexity index is 579. The van der Waals surface area contributed by atoms with Crippen molar-refractivity contribution in [3.8, 4) is 11.4 Å². The molecule has 19 heavy (non-hydrogen) atoms. The number of nitrogens with zero attached hydrogens (tertiary/aromatic N) is 2. The molecule has 0 aliphatic carbocycles. The van der Waals surface area contributed by atoms with Crippen molar-refractivity contribution in [2.24, 2.45) is 5.73 Å². The topological polar surface area (TPSA) is 74.2 Å². The number of rotatable bonds is 3. The van der Waals surface area contributed by atoms with Gasteiger partial charge in [0.05, 0.1) is 13.2 Å². The molecule has 2 aromatic rings. The molecule has 3 rings (SSSR count). The molecule has 6 heteroatoms. The minimum Gasteiger partial charge on any atom is -0.381 e. The lowest BCUT2D eigenvalue weighted by atomic mass is 9.97. The van der Waals surface area contributed by atoms with Crippen LogP contribution in [0.2, 0.25) is 5.02 Å². The Kier molecular flexibility index (Phi) is 3.50. The quantitative estimate of drug-likeness (QED) is 0.933. The Morgan fingerprint density at radius 1 is 1.42 bits per heavy atom. The van der Waals surface area contributed by atoms with Crippen molar-refractivity contribution in [2.45, 2.75) is 18.9 Å². The van der Waals surface area contributed by atoms with Gasteiger partial charge < -0.3 is 15.0 Å². The maximum atomic E-state index is 6.33. The largest absolute Gasteiger partial charge is 0.381 e. The first-order valence-electron chi connectivity index (χ1n) is 6.18. The number of nitrogens with two attached hydrogens (primary N) is 1. The average molecular weight is 280 g/mol. The van der Waals surface area contributed by atoms with E-state index in [1.54, 1.807) is 0 Å². The first-order valence-corrected chi connectivity index (χ1v) is 6.56. The maximum Gasteiger partial charge on any atom is 0.240 e. The molecule has 2 heterocycles. The molecule has 1 aromatic heterocycles. The second-order valence-corrected chi connectivity index (χ2v) is 4.92. The van der Waals surface area contributed by atoms with Gasteiger partial charge in [-0.3, -0.25) is 0 Å². The van der Waals surface area contributed by atoms with E-state index in [4.69, 9.17) is 26.6 Å². The first-order chi connectivity index (χ1) is 9.28. The van der Waals surface area contributed by atoms with Crippen LogP contribution in [0.25, 0.3) is 11.4 Å². The van der Waals surface area contributed by atoms with E-state index in [1.807, 2.05) is 18.2 Å². The molecule has 0 saturated carbocycles. The molecule has 1 unspecified atom stereocenters. The smallest absolute Gasteiger partial charge is 0.240 e. The molecular weight excluding hydrogens is 266 g/mol. The number of halogens is 1. The van der Waals surface area contributed by atoms with E-state index in [-0.39, 0.29) is 6.54 Å². The zero-order chi connectivity index (χ0) is 13.2. The van der Waals surface area contributed by atoms with Crippen molar-refractivity contribution >= 4 is 11.6 Å². The van der Waals surface area contributed by atoms with E-state index < -0.39 is 0 Å². The number of benzene rings is 1. The molecule has 1 aromatic carbocycles. The van der Waals surface area contributed by atoms with Gasteiger partial charge in [0.15, 0.2) is 0 Å². The Morgan fingerprint density at radius 2 is 2.32 bits per heavy atom. The van der Waals surface area contributed by atoms with Crippen LogP contribution in [0.4, 0.5) is 0 Å². The summed E-state index contributed by atoms with van der Waals surface area (Å²) in [6.45, 7) is 1.77. The van der Waals surface area contributed by atoms with Gasteiger partial charge in [-0.05, 0) is 18.1 Å². The molecular formula is C13H14ClN3O2. The van der Waals surface area contributed by atoms with E-state index in [0.29, 0.717) is 22.7 Å². The van der Waals surface area contributed by atoms with Gasteiger partial charge >= 0.3 is 0 Å². The first kappa shape index (κ1) is 12.6. The molecule has 0 amide bonds. The molecule has 0 bridgehead atoms. The molecule has 1 aliphatic rings. The van der Waals surface area contributed by atoms with Crippen LogP contribution in [0.5, 0.6) is 0 Å². The monoisotopic (exact) mass is 279 g/mol. The molecule has 5 nitrogen and oxygen atoms in total. The number of ether oxygens (including phenoxy) is 1. The van der Waals surface area contributed by atoms with Crippen LogP contribution in [-0.2, 0) is 11.3 Å². The number of hydrogen-bond donors (Lipinski definition) is 1. The third kappa shape index (κ3) is 2.49. The van der Waals surface area contributed by atoms with Crippen LogP contribution < -0.4 is 5.73 Å². The minimum absolute atomic E-state index is 0.234. The van der Waals surface area contributed by atoms with Crippen molar-refractivity contribution < 1.29 is 9.26 Å². The summed E-state index contributed by atoms with van der Waals surface area (Å²) in [5.74, 6) is 1.31. The summed E-state index contributed by atoms with van der Waals surface area (Å²) in [6.07, 6.45) is 1.01. The van der Waals surface area contributed by atoms with Crippen molar-refractivity contribution in [1.29, 1.82) is 0 Å². The highest BCUT2D eigenvalue weighted by atomic mass is 35.5. The lowest BCUT2D eigenvalue weighted by molar-refractivity contribution is 0.194. The minimum atomic E-state index is 0.234. The van der Waals surface area contributed by atoms with Crippen molar-refractivity contribution in [1.82, 2.24) is 10.1 Å². The fourth-order valence-electron chi connectivity index (χ4n) is 2.23. The molecule has 1 saturated heterocycles. The zero-order valence-corrected chi connectivity index (χ0v) is 11.1. The Morgan fingerprint density at radius 3 is 2.95 bits per heavy atom. The van der Waals surface area contributed by atoms with Crippen LogP contribution in [0.1, 0.15) is 23.8 Å². The van der Waals surface area contributed by atoms with Crippen LogP contribution in [0.15, 0.2) is 22.7 Å². The highest BCUT2D eigenvalue weighted by Gasteiger charge is 2.20. The molecule has 100 valence electrons. The fraction of sp³-hybridized carbons (Fsp3) is 0.385. The summed E-state index contributed by atoms with van der Waals surface area (Å²) < 4.78 is 10.4. The van der Waals surface area contributed by atoms with Crippen molar-refractivity contribution in [3.05, 3.63) is 34.7 Å². The number of aromatic nitrogens is 2. The van der Waals surface area contributed by atoms with Gasteiger partial charge in [-0.25, -0.2) is 0 Å². The number of hydrogen-bond acceptors (Lipinski definition) is 5. The predicted molar refractivity (Wildman–Crippen MR) is 70.8 cm³/mol. The van der Waals surface area contributed by atoms with Gasteiger partial charge in [0, 0.05) is 23.1 Å². The molecule has 1 atom stereocenters. The summed E-state index contributed by atoms with van der Waals surface area (Å²) in [5, 5.41) is 4.59. The molecule has 0 spiro atoms. The van der Waals surface area contributed by atoms with Crippen LogP contribution >= 0.6 is 11.6 Å².